The highest BCUT2D eigenvalue weighted by Crippen LogP contribution is 2.31. The lowest BCUT2D eigenvalue weighted by molar-refractivity contribution is -0.118. The Bertz CT molecular complexity index is 959. The molecule has 0 aliphatic heterocycles. The summed E-state index contributed by atoms with van der Waals surface area (Å²) in [6, 6.07) is 15.5. The number of hydrogen-bond donors (Lipinski definition) is 1. The zero-order valence-corrected chi connectivity index (χ0v) is 16.9. The van der Waals surface area contributed by atoms with Gasteiger partial charge in [0.1, 0.15) is 11.5 Å². The van der Waals surface area contributed by atoms with Crippen LogP contribution in [0.15, 0.2) is 53.0 Å². The predicted molar refractivity (Wildman–Crippen MR) is 110 cm³/mol. The standard InChI is InChI=1S/C21H21BrN2O3/c1-3-26-20-8-6-17(13-18(20)22)27-21-9-5-16-12-15(4-7-19(16)24-21)10-11-23-14(2)25/h4-9,12-13H,3,10-11H2,1-2H3,(H,23,25). The van der Waals surface area contributed by atoms with Gasteiger partial charge in [0, 0.05) is 24.9 Å². The third-order valence-electron chi connectivity index (χ3n) is 3.94. The lowest BCUT2D eigenvalue weighted by atomic mass is 10.1. The molecule has 0 aliphatic rings. The molecule has 6 heteroatoms. The number of benzene rings is 2. The average molecular weight is 429 g/mol. The minimum atomic E-state index is -0.0137. The van der Waals surface area contributed by atoms with Crippen LogP contribution in [0, 0.1) is 0 Å². The Kier molecular flexibility index (Phi) is 6.29. The zero-order chi connectivity index (χ0) is 19.2. The van der Waals surface area contributed by atoms with Crippen molar-refractivity contribution >= 4 is 32.7 Å². The second-order valence-corrected chi connectivity index (χ2v) is 6.89. The van der Waals surface area contributed by atoms with Gasteiger partial charge in [-0.15, -0.1) is 0 Å². The van der Waals surface area contributed by atoms with E-state index in [1.165, 1.54) is 6.92 Å². The van der Waals surface area contributed by atoms with Crippen molar-refractivity contribution in [2.24, 2.45) is 0 Å². The highest BCUT2D eigenvalue weighted by molar-refractivity contribution is 9.10. The average Bonchev–Trinajstić information content (AvgIpc) is 2.64. The molecule has 0 saturated heterocycles. The summed E-state index contributed by atoms with van der Waals surface area (Å²) in [6.45, 7) is 4.70. The summed E-state index contributed by atoms with van der Waals surface area (Å²) in [7, 11) is 0. The minimum Gasteiger partial charge on any atom is -0.493 e. The fourth-order valence-electron chi connectivity index (χ4n) is 2.69. The fraction of sp³-hybridized carbons (Fsp3) is 0.238. The molecule has 27 heavy (non-hydrogen) atoms. The van der Waals surface area contributed by atoms with Crippen LogP contribution in [0.1, 0.15) is 19.4 Å². The molecular formula is C21H21BrN2O3. The lowest BCUT2D eigenvalue weighted by Gasteiger charge is -2.10. The Morgan fingerprint density at radius 1 is 1.15 bits per heavy atom. The van der Waals surface area contributed by atoms with E-state index in [1.807, 2.05) is 49.4 Å². The largest absolute Gasteiger partial charge is 0.493 e. The first-order chi connectivity index (χ1) is 13.0. The number of fused-ring (bicyclic) bond motifs is 1. The summed E-state index contributed by atoms with van der Waals surface area (Å²) in [5, 5.41) is 3.85. The van der Waals surface area contributed by atoms with Crippen molar-refractivity contribution in [3.05, 3.63) is 58.6 Å². The quantitative estimate of drug-likeness (QED) is 0.583. The van der Waals surface area contributed by atoms with Gasteiger partial charge in [-0.2, -0.15) is 0 Å². The molecule has 3 aromatic rings. The van der Waals surface area contributed by atoms with Crippen LogP contribution >= 0.6 is 15.9 Å². The Balaban J connectivity index is 1.73. The predicted octanol–water partition coefficient (Wildman–Crippen LogP) is 4.87. The van der Waals surface area contributed by atoms with E-state index in [2.05, 4.69) is 32.3 Å². The third kappa shape index (κ3) is 5.20. The smallest absolute Gasteiger partial charge is 0.219 e. The summed E-state index contributed by atoms with van der Waals surface area (Å²) in [6.07, 6.45) is 0.786. The number of pyridine rings is 1. The van der Waals surface area contributed by atoms with Crippen molar-refractivity contribution in [3.8, 4) is 17.4 Å². The normalized spacial score (nSPS) is 10.6. The molecule has 0 unspecified atom stereocenters. The van der Waals surface area contributed by atoms with E-state index >= 15 is 0 Å². The van der Waals surface area contributed by atoms with Gasteiger partial charge in [-0.25, -0.2) is 4.98 Å². The molecule has 1 aromatic heterocycles. The molecular weight excluding hydrogens is 408 g/mol. The van der Waals surface area contributed by atoms with Crippen LogP contribution in [0.25, 0.3) is 10.9 Å². The Morgan fingerprint density at radius 2 is 2.00 bits per heavy atom. The van der Waals surface area contributed by atoms with Crippen molar-refractivity contribution in [2.75, 3.05) is 13.2 Å². The molecule has 0 radical (unpaired) electrons. The van der Waals surface area contributed by atoms with E-state index in [-0.39, 0.29) is 5.91 Å². The Hall–Kier alpha value is -2.60. The summed E-state index contributed by atoms with van der Waals surface area (Å²) in [4.78, 5) is 15.5. The van der Waals surface area contributed by atoms with Crippen molar-refractivity contribution in [1.29, 1.82) is 0 Å². The molecule has 0 spiro atoms. The molecule has 0 atom stereocenters. The monoisotopic (exact) mass is 428 g/mol. The highest BCUT2D eigenvalue weighted by Gasteiger charge is 2.06. The van der Waals surface area contributed by atoms with Gasteiger partial charge in [0.2, 0.25) is 11.8 Å². The maximum Gasteiger partial charge on any atom is 0.219 e. The fourth-order valence-corrected chi connectivity index (χ4v) is 3.16. The number of hydrogen-bond acceptors (Lipinski definition) is 4. The molecule has 2 aromatic carbocycles. The van der Waals surface area contributed by atoms with Gasteiger partial charge >= 0.3 is 0 Å². The van der Waals surface area contributed by atoms with Gasteiger partial charge in [-0.05, 0) is 71.2 Å². The zero-order valence-electron chi connectivity index (χ0n) is 15.3. The summed E-state index contributed by atoms with van der Waals surface area (Å²) in [5.41, 5.74) is 2.02. The van der Waals surface area contributed by atoms with E-state index in [4.69, 9.17) is 9.47 Å². The van der Waals surface area contributed by atoms with Crippen LogP contribution in [0.2, 0.25) is 0 Å². The number of nitrogens with one attached hydrogen (secondary N) is 1. The molecule has 0 saturated carbocycles. The molecule has 1 N–H and O–H groups in total. The van der Waals surface area contributed by atoms with Gasteiger partial charge in [0.15, 0.2) is 0 Å². The van der Waals surface area contributed by atoms with Gasteiger partial charge in [0.05, 0.1) is 16.6 Å². The van der Waals surface area contributed by atoms with Crippen LogP contribution in [-0.4, -0.2) is 24.0 Å². The first-order valence-electron chi connectivity index (χ1n) is 8.79. The van der Waals surface area contributed by atoms with Crippen molar-refractivity contribution in [1.82, 2.24) is 10.3 Å². The van der Waals surface area contributed by atoms with Crippen LogP contribution in [0.5, 0.6) is 17.4 Å². The number of carbonyl (C=O) groups is 1. The molecule has 1 amide bonds. The van der Waals surface area contributed by atoms with Gasteiger partial charge in [-0.1, -0.05) is 6.07 Å². The van der Waals surface area contributed by atoms with Gasteiger partial charge < -0.3 is 14.8 Å². The summed E-state index contributed by atoms with van der Waals surface area (Å²) in [5.74, 6) is 1.98. The van der Waals surface area contributed by atoms with E-state index < -0.39 is 0 Å². The molecule has 0 bridgehead atoms. The number of nitrogens with zero attached hydrogens (tertiary/aromatic N) is 1. The SMILES string of the molecule is CCOc1ccc(Oc2ccc3cc(CCNC(C)=O)ccc3n2)cc1Br. The Labute approximate surface area is 166 Å². The van der Waals surface area contributed by atoms with E-state index in [9.17, 15) is 4.79 Å². The lowest BCUT2D eigenvalue weighted by Crippen LogP contribution is -2.22. The maximum absolute atomic E-state index is 11.0. The van der Waals surface area contributed by atoms with Crippen LogP contribution in [0.4, 0.5) is 0 Å². The second-order valence-electron chi connectivity index (χ2n) is 6.04. The van der Waals surface area contributed by atoms with Crippen molar-refractivity contribution in [3.63, 3.8) is 0 Å². The van der Waals surface area contributed by atoms with Crippen LogP contribution in [0.3, 0.4) is 0 Å². The first-order valence-corrected chi connectivity index (χ1v) is 9.59. The molecule has 0 fully saturated rings. The number of rotatable bonds is 7. The highest BCUT2D eigenvalue weighted by atomic mass is 79.9. The number of aromatic nitrogens is 1. The van der Waals surface area contributed by atoms with Gasteiger partial charge in [0.25, 0.3) is 0 Å². The summed E-state index contributed by atoms with van der Waals surface area (Å²) < 4.78 is 12.2. The first kappa shape index (κ1) is 19.2. The van der Waals surface area contributed by atoms with E-state index in [0.717, 1.165) is 33.1 Å². The summed E-state index contributed by atoms with van der Waals surface area (Å²) >= 11 is 3.49. The molecule has 5 nitrogen and oxygen atoms in total. The Morgan fingerprint density at radius 3 is 2.74 bits per heavy atom. The van der Waals surface area contributed by atoms with E-state index in [1.54, 1.807) is 0 Å². The number of halogens is 1. The van der Waals surface area contributed by atoms with Crippen molar-refractivity contribution in [2.45, 2.75) is 20.3 Å². The van der Waals surface area contributed by atoms with Crippen LogP contribution in [-0.2, 0) is 11.2 Å². The van der Waals surface area contributed by atoms with Crippen LogP contribution < -0.4 is 14.8 Å². The molecule has 0 aliphatic carbocycles. The topological polar surface area (TPSA) is 60.5 Å². The van der Waals surface area contributed by atoms with Gasteiger partial charge in [-0.3, -0.25) is 4.79 Å². The molecule has 140 valence electrons. The number of ether oxygens (including phenoxy) is 2. The maximum atomic E-state index is 11.0. The number of carbonyl (C=O) groups excluding carboxylic acids is 1. The second kappa shape index (κ2) is 8.86. The minimum absolute atomic E-state index is 0.0137. The molecule has 3 rings (SSSR count). The third-order valence-corrected chi connectivity index (χ3v) is 4.56. The van der Waals surface area contributed by atoms with E-state index in [0.29, 0.717) is 24.8 Å². The van der Waals surface area contributed by atoms with Crippen molar-refractivity contribution < 1.29 is 14.3 Å². The number of amides is 1. The molecule has 1 heterocycles.